The van der Waals surface area contributed by atoms with Crippen LogP contribution in [0.25, 0.3) is 0 Å². The fourth-order valence-electron chi connectivity index (χ4n) is 2.50. The van der Waals surface area contributed by atoms with Gasteiger partial charge in [0.25, 0.3) is 5.91 Å². The first kappa shape index (κ1) is 13.9. The highest BCUT2D eigenvalue weighted by molar-refractivity contribution is 6.33. The predicted molar refractivity (Wildman–Crippen MR) is 75.4 cm³/mol. The molecule has 5 heteroatoms. The van der Waals surface area contributed by atoms with E-state index in [0.29, 0.717) is 11.6 Å². The van der Waals surface area contributed by atoms with E-state index in [2.05, 4.69) is 5.32 Å². The highest BCUT2D eigenvalue weighted by atomic mass is 35.5. The lowest BCUT2D eigenvalue weighted by Gasteiger charge is -2.18. The third kappa shape index (κ3) is 2.32. The highest BCUT2D eigenvalue weighted by Crippen LogP contribution is 2.42. The summed E-state index contributed by atoms with van der Waals surface area (Å²) in [5, 5.41) is 3.21. The molecule has 0 bridgehead atoms. The van der Waals surface area contributed by atoms with Gasteiger partial charge >= 0.3 is 0 Å². The number of halogens is 1. The molecule has 0 radical (unpaired) electrons. The zero-order valence-corrected chi connectivity index (χ0v) is 12.0. The van der Waals surface area contributed by atoms with Gasteiger partial charge in [-0.2, -0.15) is 0 Å². The third-order valence-corrected chi connectivity index (χ3v) is 3.56. The van der Waals surface area contributed by atoms with Gasteiger partial charge in [-0.05, 0) is 25.0 Å². The van der Waals surface area contributed by atoms with Gasteiger partial charge in [-0.15, -0.1) is 0 Å². The molecule has 4 nitrogen and oxygen atoms in total. The Morgan fingerprint density at radius 2 is 2.16 bits per heavy atom. The molecule has 0 fully saturated rings. The number of benzene rings is 1. The maximum atomic E-state index is 12.4. The van der Waals surface area contributed by atoms with Gasteiger partial charge in [0.1, 0.15) is 6.04 Å². The molecule has 1 heterocycles. The summed E-state index contributed by atoms with van der Waals surface area (Å²) in [7, 11) is 0. The van der Waals surface area contributed by atoms with Gasteiger partial charge < -0.3 is 10.2 Å². The zero-order valence-electron chi connectivity index (χ0n) is 11.3. The van der Waals surface area contributed by atoms with Crippen LogP contribution in [0, 0.1) is 6.92 Å². The summed E-state index contributed by atoms with van der Waals surface area (Å²) in [5.74, 6) is -0.344. The topological polar surface area (TPSA) is 49.4 Å². The van der Waals surface area contributed by atoms with E-state index in [1.807, 2.05) is 19.9 Å². The summed E-state index contributed by atoms with van der Waals surface area (Å²) in [6.45, 7) is 5.99. The number of hydrogen-bond donors (Lipinski definition) is 1. The summed E-state index contributed by atoms with van der Waals surface area (Å²) in [4.78, 5) is 25.5. The molecule has 1 aliphatic heterocycles. The molecule has 19 heavy (non-hydrogen) atoms. The Bertz CT molecular complexity index is 542. The fraction of sp³-hybridized carbons (Fsp3) is 0.429. The van der Waals surface area contributed by atoms with Crippen molar-refractivity contribution >= 4 is 29.1 Å². The second kappa shape index (κ2) is 5.21. The number of fused-ring (bicyclic) bond motifs is 1. The number of rotatable bonds is 3. The Labute approximate surface area is 117 Å². The van der Waals surface area contributed by atoms with E-state index in [-0.39, 0.29) is 11.8 Å². The van der Waals surface area contributed by atoms with E-state index < -0.39 is 6.04 Å². The molecule has 2 amide bonds. The Balaban J connectivity index is 2.56. The Morgan fingerprint density at radius 3 is 2.74 bits per heavy atom. The maximum absolute atomic E-state index is 12.4. The minimum atomic E-state index is -0.661. The van der Waals surface area contributed by atoms with Crippen LogP contribution in [0.3, 0.4) is 0 Å². The molecule has 0 spiro atoms. The molecule has 0 saturated heterocycles. The van der Waals surface area contributed by atoms with Gasteiger partial charge in [0.15, 0.2) is 0 Å². The van der Waals surface area contributed by atoms with E-state index in [0.717, 1.165) is 23.2 Å². The lowest BCUT2D eigenvalue weighted by molar-refractivity contribution is -0.126. The van der Waals surface area contributed by atoms with Gasteiger partial charge in [0.2, 0.25) is 5.91 Å². The molecule has 0 saturated carbocycles. The van der Waals surface area contributed by atoms with Gasteiger partial charge in [0, 0.05) is 24.1 Å². The largest absolute Gasteiger partial charge is 0.341 e. The monoisotopic (exact) mass is 280 g/mol. The summed E-state index contributed by atoms with van der Waals surface area (Å²) >= 11 is 6.22. The first-order valence-corrected chi connectivity index (χ1v) is 6.72. The molecule has 2 rings (SSSR count). The SMILES string of the molecule is CCCN1C(=O)C(NC(C)=O)c2c(Cl)ccc(C)c21. The fourth-order valence-corrected chi connectivity index (χ4v) is 2.76. The quantitative estimate of drug-likeness (QED) is 0.925. The molecule has 1 N–H and O–H groups in total. The standard InChI is InChI=1S/C14H17ClN2O2/c1-4-7-17-13-8(2)5-6-10(15)11(13)12(14(17)19)16-9(3)18/h5-6,12H,4,7H2,1-3H3,(H,16,18). The second-order valence-corrected chi connectivity index (χ2v) is 5.16. The third-order valence-electron chi connectivity index (χ3n) is 3.23. The average Bonchev–Trinajstić information content (AvgIpc) is 2.60. The van der Waals surface area contributed by atoms with E-state index in [1.54, 1.807) is 11.0 Å². The van der Waals surface area contributed by atoms with Crippen LogP contribution in [-0.4, -0.2) is 18.4 Å². The molecule has 1 atom stereocenters. The van der Waals surface area contributed by atoms with Crippen LogP contribution in [0.4, 0.5) is 5.69 Å². The number of nitrogens with zero attached hydrogens (tertiary/aromatic N) is 1. The predicted octanol–water partition coefficient (Wildman–Crippen LogP) is 2.58. The van der Waals surface area contributed by atoms with Crippen LogP contribution in [0.15, 0.2) is 12.1 Å². The van der Waals surface area contributed by atoms with Crippen molar-refractivity contribution in [2.45, 2.75) is 33.2 Å². The average molecular weight is 281 g/mol. The Hall–Kier alpha value is -1.55. The minimum absolute atomic E-state index is 0.108. The van der Waals surface area contributed by atoms with Crippen molar-refractivity contribution in [3.05, 3.63) is 28.3 Å². The Morgan fingerprint density at radius 1 is 1.47 bits per heavy atom. The molecule has 0 aliphatic carbocycles. The number of carbonyl (C=O) groups is 2. The first-order chi connectivity index (χ1) is 8.97. The first-order valence-electron chi connectivity index (χ1n) is 6.34. The summed E-state index contributed by atoms with van der Waals surface area (Å²) in [6, 6.07) is 3.01. The van der Waals surface area contributed by atoms with Crippen LogP contribution in [0.1, 0.15) is 37.4 Å². The second-order valence-electron chi connectivity index (χ2n) is 4.75. The lowest BCUT2D eigenvalue weighted by atomic mass is 10.0. The van der Waals surface area contributed by atoms with Crippen LogP contribution in [0.2, 0.25) is 5.02 Å². The highest BCUT2D eigenvalue weighted by Gasteiger charge is 2.39. The maximum Gasteiger partial charge on any atom is 0.254 e. The van der Waals surface area contributed by atoms with Crippen LogP contribution in [-0.2, 0) is 9.59 Å². The molecule has 1 aromatic rings. The van der Waals surface area contributed by atoms with Crippen molar-refractivity contribution in [1.29, 1.82) is 0 Å². The molecule has 102 valence electrons. The van der Waals surface area contributed by atoms with E-state index in [9.17, 15) is 9.59 Å². The molecule has 0 aromatic heterocycles. The Kier molecular flexibility index (Phi) is 3.80. The van der Waals surface area contributed by atoms with Crippen molar-refractivity contribution in [1.82, 2.24) is 5.32 Å². The van der Waals surface area contributed by atoms with Crippen LogP contribution < -0.4 is 10.2 Å². The number of aryl methyl sites for hydroxylation is 1. The van der Waals surface area contributed by atoms with Gasteiger partial charge in [0.05, 0.1) is 5.69 Å². The number of hydrogen-bond acceptors (Lipinski definition) is 2. The summed E-state index contributed by atoms with van der Waals surface area (Å²) in [5.41, 5.74) is 2.56. The van der Waals surface area contributed by atoms with E-state index in [4.69, 9.17) is 11.6 Å². The summed E-state index contributed by atoms with van der Waals surface area (Å²) < 4.78 is 0. The van der Waals surface area contributed by atoms with Gasteiger partial charge in [-0.1, -0.05) is 24.6 Å². The van der Waals surface area contributed by atoms with Crippen LogP contribution in [0.5, 0.6) is 0 Å². The number of anilines is 1. The normalized spacial score (nSPS) is 17.6. The molecule has 1 aliphatic rings. The molecule has 1 aromatic carbocycles. The van der Waals surface area contributed by atoms with Crippen molar-refractivity contribution < 1.29 is 9.59 Å². The number of carbonyl (C=O) groups excluding carboxylic acids is 2. The number of amides is 2. The molecular weight excluding hydrogens is 264 g/mol. The van der Waals surface area contributed by atoms with Crippen molar-refractivity contribution in [2.75, 3.05) is 11.4 Å². The molecule has 1 unspecified atom stereocenters. The zero-order chi connectivity index (χ0) is 14.2. The summed E-state index contributed by atoms with van der Waals surface area (Å²) in [6.07, 6.45) is 0.851. The minimum Gasteiger partial charge on any atom is -0.341 e. The van der Waals surface area contributed by atoms with E-state index in [1.165, 1.54) is 6.92 Å². The van der Waals surface area contributed by atoms with Crippen LogP contribution >= 0.6 is 11.6 Å². The van der Waals surface area contributed by atoms with Gasteiger partial charge in [-0.3, -0.25) is 9.59 Å². The smallest absolute Gasteiger partial charge is 0.254 e. The molecular formula is C14H17ClN2O2. The van der Waals surface area contributed by atoms with Gasteiger partial charge in [-0.25, -0.2) is 0 Å². The lowest BCUT2D eigenvalue weighted by Crippen LogP contribution is -2.37. The number of nitrogens with one attached hydrogen (secondary N) is 1. The van der Waals surface area contributed by atoms with E-state index >= 15 is 0 Å². The van der Waals surface area contributed by atoms with Crippen molar-refractivity contribution in [3.63, 3.8) is 0 Å². The van der Waals surface area contributed by atoms with Crippen molar-refractivity contribution in [2.24, 2.45) is 0 Å². The van der Waals surface area contributed by atoms with Crippen molar-refractivity contribution in [3.8, 4) is 0 Å².